The number of benzene rings is 1. The van der Waals surface area contributed by atoms with Crippen molar-refractivity contribution in [3.8, 4) is 0 Å². The van der Waals surface area contributed by atoms with E-state index >= 15 is 0 Å². The van der Waals surface area contributed by atoms with E-state index in [1.165, 1.54) is 19.4 Å². The van der Waals surface area contributed by atoms with Crippen LogP contribution in [0.1, 0.15) is 25.3 Å². The van der Waals surface area contributed by atoms with Gasteiger partial charge in [0.15, 0.2) is 0 Å². The van der Waals surface area contributed by atoms with Gasteiger partial charge >= 0.3 is 0 Å². The summed E-state index contributed by atoms with van der Waals surface area (Å²) in [4.78, 5) is 14.4. The Kier molecular flexibility index (Phi) is 6.21. The standard InChI is InChI=1S/C16H24BrN3O/c1-3-20-8-4-5-14(20)10-18-11-16(21)19-13-7-6-12(2)15(17)9-13/h6-7,9,14,18H,3-5,8,10-11H2,1-2H3,(H,19,21)/t14-/m0/s1. The first-order valence-corrected chi connectivity index (χ1v) is 8.40. The lowest BCUT2D eigenvalue weighted by atomic mass is 10.2. The minimum atomic E-state index is 0.00629. The molecule has 1 aliphatic heterocycles. The molecule has 0 unspecified atom stereocenters. The maximum Gasteiger partial charge on any atom is 0.238 e. The van der Waals surface area contributed by atoms with Crippen molar-refractivity contribution in [2.45, 2.75) is 32.7 Å². The molecule has 2 rings (SSSR count). The van der Waals surface area contributed by atoms with Crippen LogP contribution in [0.3, 0.4) is 0 Å². The van der Waals surface area contributed by atoms with Gasteiger partial charge in [-0.3, -0.25) is 9.69 Å². The Balaban J connectivity index is 1.73. The zero-order valence-corrected chi connectivity index (χ0v) is 14.4. The molecule has 1 saturated heterocycles. The Bertz CT molecular complexity index is 492. The molecule has 0 aliphatic carbocycles. The van der Waals surface area contributed by atoms with Crippen LogP contribution in [-0.4, -0.2) is 43.0 Å². The van der Waals surface area contributed by atoms with Gasteiger partial charge in [-0.1, -0.05) is 28.9 Å². The van der Waals surface area contributed by atoms with Crippen molar-refractivity contribution in [1.82, 2.24) is 10.2 Å². The highest BCUT2D eigenvalue weighted by Crippen LogP contribution is 2.20. The minimum Gasteiger partial charge on any atom is -0.325 e. The summed E-state index contributed by atoms with van der Waals surface area (Å²) in [5.41, 5.74) is 1.99. The first-order valence-electron chi connectivity index (χ1n) is 7.61. The number of halogens is 1. The van der Waals surface area contributed by atoms with Crippen LogP contribution in [-0.2, 0) is 4.79 Å². The van der Waals surface area contributed by atoms with Gasteiger partial charge < -0.3 is 10.6 Å². The van der Waals surface area contributed by atoms with Gasteiger partial charge in [-0.15, -0.1) is 0 Å². The smallest absolute Gasteiger partial charge is 0.238 e. The topological polar surface area (TPSA) is 44.4 Å². The summed E-state index contributed by atoms with van der Waals surface area (Å²) in [5, 5.41) is 6.19. The zero-order valence-electron chi connectivity index (χ0n) is 12.8. The zero-order chi connectivity index (χ0) is 15.2. The summed E-state index contributed by atoms with van der Waals surface area (Å²) in [7, 11) is 0. The third-order valence-corrected chi connectivity index (χ3v) is 4.88. The van der Waals surface area contributed by atoms with E-state index in [4.69, 9.17) is 0 Å². The highest BCUT2D eigenvalue weighted by Gasteiger charge is 2.22. The monoisotopic (exact) mass is 353 g/mol. The Labute approximate surface area is 135 Å². The molecule has 2 N–H and O–H groups in total. The first-order chi connectivity index (χ1) is 10.1. The summed E-state index contributed by atoms with van der Waals surface area (Å²) in [6.07, 6.45) is 2.50. The lowest BCUT2D eigenvalue weighted by Crippen LogP contribution is -2.40. The number of nitrogens with zero attached hydrogens (tertiary/aromatic N) is 1. The highest BCUT2D eigenvalue weighted by molar-refractivity contribution is 9.10. The van der Waals surface area contributed by atoms with Crippen LogP contribution in [0.2, 0.25) is 0 Å². The number of likely N-dealkylation sites (N-methyl/N-ethyl adjacent to an activating group) is 1. The van der Waals surface area contributed by atoms with Crippen molar-refractivity contribution in [3.05, 3.63) is 28.2 Å². The minimum absolute atomic E-state index is 0.00629. The van der Waals surface area contributed by atoms with Crippen molar-refractivity contribution in [2.75, 3.05) is 31.5 Å². The van der Waals surface area contributed by atoms with E-state index in [9.17, 15) is 4.79 Å². The third kappa shape index (κ3) is 4.80. The fourth-order valence-electron chi connectivity index (χ4n) is 2.77. The van der Waals surface area contributed by atoms with Crippen molar-refractivity contribution in [3.63, 3.8) is 0 Å². The molecule has 1 aromatic rings. The second-order valence-electron chi connectivity index (χ2n) is 5.57. The Morgan fingerprint density at radius 2 is 2.29 bits per heavy atom. The number of anilines is 1. The second kappa shape index (κ2) is 7.92. The van der Waals surface area contributed by atoms with Gasteiger partial charge in [0.05, 0.1) is 6.54 Å². The summed E-state index contributed by atoms with van der Waals surface area (Å²) >= 11 is 3.48. The molecule has 0 aromatic heterocycles. The number of hydrogen-bond donors (Lipinski definition) is 2. The predicted molar refractivity (Wildman–Crippen MR) is 90.6 cm³/mol. The molecule has 1 heterocycles. The summed E-state index contributed by atoms with van der Waals surface area (Å²) in [6.45, 7) is 7.75. The molecule has 0 spiro atoms. The van der Waals surface area contributed by atoms with E-state index in [0.29, 0.717) is 12.6 Å². The lowest BCUT2D eigenvalue weighted by Gasteiger charge is -2.22. The van der Waals surface area contributed by atoms with E-state index < -0.39 is 0 Å². The first kappa shape index (κ1) is 16.5. The van der Waals surface area contributed by atoms with Crippen molar-refractivity contribution < 1.29 is 4.79 Å². The van der Waals surface area contributed by atoms with Crippen molar-refractivity contribution >= 4 is 27.5 Å². The maximum absolute atomic E-state index is 11.9. The van der Waals surface area contributed by atoms with Crippen LogP contribution in [0.25, 0.3) is 0 Å². The molecule has 1 aliphatic rings. The number of hydrogen-bond acceptors (Lipinski definition) is 3. The van der Waals surface area contributed by atoms with Crippen LogP contribution in [0.15, 0.2) is 22.7 Å². The predicted octanol–water partition coefficient (Wildman–Crippen LogP) is 2.77. The van der Waals surface area contributed by atoms with E-state index in [1.807, 2.05) is 25.1 Å². The molecular weight excluding hydrogens is 330 g/mol. The summed E-state index contributed by atoms with van der Waals surface area (Å²) in [5.74, 6) is 0.00629. The average Bonchev–Trinajstić information content (AvgIpc) is 2.90. The van der Waals surface area contributed by atoms with Crippen LogP contribution >= 0.6 is 15.9 Å². The number of amides is 1. The Morgan fingerprint density at radius 1 is 1.48 bits per heavy atom. The van der Waals surface area contributed by atoms with Gasteiger partial charge in [-0.2, -0.15) is 0 Å². The lowest BCUT2D eigenvalue weighted by molar-refractivity contribution is -0.115. The molecular formula is C16H24BrN3O. The number of nitrogens with one attached hydrogen (secondary N) is 2. The molecule has 4 nitrogen and oxygen atoms in total. The second-order valence-corrected chi connectivity index (χ2v) is 6.42. The average molecular weight is 354 g/mol. The number of likely N-dealkylation sites (tertiary alicyclic amines) is 1. The van der Waals surface area contributed by atoms with E-state index in [1.54, 1.807) is 0 Å². The molecule has 1 amide bonds. The summed E-state index contributed by atoms with van der Waals surface area (Å²) in [6, 6.07) is 6.43. The molecule has 21 heavy (non-hydrogen) atoms. The van der Waals surface area contributed by atoms with Crippen LogP contribution < -0.4 is 10.6 Å². The number of rotatable bonds is 6. The molecule has 1 fully saturated rings. The molecule has 116 valence electrons. The van der Waals surface area contributed by atoms with Crippen LogP contribution in [0.4, 0.5) is 5.69 Å². The fourth-order valence-corrected chi connectivity index (χ4v) is 3.15. The Hall–Kier alpha value is -0.910. The highest BCUT2D eigenvalue weighted by atomic mass is 79.9. The van der Waals surface area contributed by atoms with Gasteiger partial charge in [0.25, 0.3) is 0 Å². The van der Waals surface area contributed by atoms with Crippen LogP contribution in [0, 0.1) is 6.92 Å². The molecule has 0 radical (unpaired) electrons. The molecule has 1 atom stereocenters. The van der Waals surface area contributed by atoms with E-state index in [-0.39, 0.29) is 5.91 Å². The Morgan fingerprint density at radius 3 is 3.00 bits per heavy atom. The molecule has 1 aromatic carbocycles. The number of carbonyl (C=O) groups excluding carboxylic acids is 1. The van der Waals surface area contributed by atoms with Crippen molar-refractivity contribution in [2.24, 2.45) is 0 Å². The van der Waals surface area contributed by atoms with E-state index in [0.717, 1.165) is 28.8 Å². The largest absolute Gasteiger partial charge is 0.325 e. The maximum atomic E-state index is 11.9. The van der Waals surface area contributed by atoms with Gasteiger partial charge in [0.1, 0.15) is 0 Å². The molecule has 5 heteroatoms. The molecule has 0 bridgehead atoms. The third-order valence-electron chi connectivity index (χ3n) is 4.03. The number of carbonyl (C=O) groups is 1. The van der Waals surface area contributed by atoms with Crippen LogP contribution in [0.5, 0.6) is 0 Å². The van der Waals surface area contributed by atoms with Gasteiger partial charge in [-0.25, -0.2) is 0 Å². The fraction of sp³-hybridized carbons (Fsp3) is 0.562. The van der Waals surface area contributed by atoms with Gasteiger partial charge in [0, 0.05) is 22.7 Å². The molecule has 0 saturated carbocycles. The summed E-state index contributed by atoms with van der Waals surface area (Å²) < 4.78 is 1.01. The van der Waals surface area contributed by atoms with Gasteiger partial charge in [-0.05, 0) is 50.6 Å². The number of aryl methyl sites for hydroxylation is 1. The van der Waals surface area contributed by atoms with E-state index in [2.05, 4.69) is 38.4 Å². The quantitative estimate of drug-likeness (QED) is 0.826. The van der Waals surface area contributed by atoms with Gasteiger partial charge in [0.2, 0.25) is 5.91 Å². The SMILES string of the molecule is CCN1CCC[C@H]1CNCC(=O)Nc1ccc(C)c(Br)c1. The van der Waals surface area contributed by atoms with Crippen molar-refractivity contribution in [1.29, 1.82) is 0 Å². The normalized spacial score (nSPS) is 18.9.